The summed E-state index contributed by atoms with van der Waals surface area (Å²) in [6.07, 6.45) is 5.75. The highest BCUT2D eigenvalue weighted by atomic mass is 35.5. The summed E-state index contributed by atoms with van der Waals surface area (Å²) >= 11 is 0. The lowest BCUT2D eigenvalue weighted by Crippen LogP contribution is -2.48. The number of rotatable bonds is 2. The van der Waals surface area contributed by atoms with E-state index in [9.17, 15) is 4.79 Å². The van der Waals surface area contributed by atoms with Crippen molar-refractivity contribution in [2.45, 2.75) is 52.0 Å². The van der Waals surface area contributed by atoms with Crippen molar-refractivity contribution in [1.82, 2.24) is 10.2 Å². The lowest BCUT2D eigenvalue weighted by atomic mass is 9.78. The largest absolute Gasteiger partial charge is 0.341 e. The third kappa shape index (κ3) is 3.35. The van der Waals surface area contributed by atoms with E-state index >= 15 is 0 Å². The highest BCUT2D eigenvalue weighted by Crippen LogP contribution is 2.34. The lowest BCUT2D eigenvalue weighted by molar-refractivity contribution is -0.135. The molecular weight excluding hydrogens is 236 g/mol. The molecule has 0 aromatic rings. The summed E-state index contributed by atoms with van der Waals surface area (Å²) in [5.41, 5.74) is 0.472. The summed E-state index contributed by atoms with van der Waals surface area (Å²) in [4.78, 5) is 14.2. The fourth-order valence-electron chi connectivity index (χ4n) is 2.74. The van der Waals surface area contributed by atoms with Gasteiger partial charge < -0.3 is 10.2 Å². The number of carbonyl (C=O) groups excluding carboxylic acids is 1. The van der Waals surface area contributed by atoms with Crippen molar-refractivity contribution < 1.29 is 4.79 Å². The maximum atomic E-state index is 12.2. The van der Waals surface area contributed by atoms with Crippen molar-refractivity contribution in [2.24, 2.45) is 5.41 Å². The summed E-state index contributed by atoms with van der Waals surface area (Å²) in [5, 5.41) is 3.30. The van der Waals surface area contributed by atoms with Gasteiger partial charge in [-0.15, -0.1) is 12.4 Å². The molecule has 2 rings (SSSR count). The van der Waals surface area contributed by atoms with Crippen molar-refractivity contribution in [3.05, 3.63) is 0 Å². The van der Waals surface area contributed by atoms with Gasteiger partial charge in [0.25, 0.3) is 0 Å². The summed E-state index contributed by atoms with van der Waals surface area (Å²) in [6, 6.07) is 0.117. The Morgan fingerprint density at radius 1 is 1.41 bits per heavy atom. The molecule has 2 aliphatic heterocycles. The van der Waals surface area contributed by atoms with Crippen LogP contribution >= 0.6 is 12.4 Å². The molecule has 1 atom stereocenters. The van der Waals surface area contributed by atoms with Crippen LogP contribution in [0.1, 0.15) is 46.0 Å². The van der Waals surface area contributed by atoms with E-state index in [1.165, 1.54) is 19.3 Å². The Kier molecular flexibility index (Phi) is 5.26. The molecule has 0 bridgehead atoms. The Morgan fingerprint density at radius 3 is 2.53 bits per heavy atom. The molecule has 2 aliphatic rings. The van der Waals surface area contributed by atoms with Crippen LogP contribution in [0, 0.1) is 5.41 Å². The summed E-state index contributed by atoms with van der Waals surface area (Å²) in [5.74, 6) is 0.343. The lowest BCUT2D eigenvalue weighted by Gasteiger charge is -2.39. The Morgan fingerprint density at radius 2 is 2.06 bits per heavy atom. The molecule has 2 fully saturated rings. The molecule has 17 heavy (non-hydrogen) atoms. The smallest absolute Gasteiger partial charge is 0.239 e. The van der Waals surface area contributed by atoms with Crippen LogP contribution in [-0.4, -0.2) is 36.5 Å². The number of carbonyl (C=O) groups is 1. The van der Waals surface area contributed by atoms with Gasteiger partial charge in [-0.05, 0) is 37.6 Å². The quantitative estimate of drug-likeness (QED) is 0.826. The van der Waals surface area contributed by atoms with Crippen molar-refractivity contribution in [3.8, 4) is 0 Å². The maximum Gasteiger partial charge on any atom is 0.239 e. The van der Waals surface area contributed by atoms with Gasteiger partial charge in [-0.1, -0.05) is 20.3 Å². The normalized spacial score (nSPS) is 27.6. The Balaban J connectivity index is 0.00000144. The van der Waals surface area contributed by atoms with Crippen LogP contribution in [0.5, 0.6) is 0 Å². The van der Waals surface area contributed by atoms with E-state index in [2.05, 4.69) is 24.1 Å². The number of halogens is 1. The zero-order valence-corrected chi connectivity index (χ0v) is 11.8. The van der Waals surface area contributed by atoms with Gasteiger partial charge in [0, 0.05) is 13.1 Å². The number of nitrogens with one attached hydrogen (secondary N) is 1. The molecule has 1 N–H and O–H groups in total. The summed E-state index contributed by atoms with van der Waals surface area (Å²) in [6.45, 7) is 7.54. The molecule has 0 unspecified atom stereocenters. The standard InChI is InChI=1S/C13H24N2O.ClH/c1-3-13(2)6-9-15(10-7-13)12(16)11-5-4-8-14-11;/h11,14H,3-10H2,1-2H3;1H/t11-;/m0./s1. The van der Waals surface area contributed by atoms with Crippen molar-refractivity contribution in [1.29, 1.82) is 0 Å². The number of nitrogens with zero attached hydrogens (tertiary/aromatic N) is 1. The predicted molar refractivity (Wildman–Crippen MR) is 72.5 cm³/mol. The number of piperidine rings is 1. The highest BCUT2D eigenvalue weighted by Gasteiger charge is 2.33. The van der Waals surface area contributed by atoms with E-state index in [0.29, 0.717) is 11.3 Å². The molecule has 0 saturated carbocycles. The predicted octanol–water partition coefficient (Wildman–Crippen LogP) is 2.20. The van der Waals surface area contributed by atoms with E-state index in [4.69, 9.17) is 0 Å². The first-order chi connectivity index (χ1) is 7.64. The molecular formula is C13H25ClN2O. The van der Waals surface area contributed by atoms with E-state index < -0.39 is 0 Å². The van der Waals surface area contributed by atoms with Gasteiger partial charge in [0.05, 0.1) is 6.04 Å². The molecule has 0 aliphatic carbocycles. The Bertz CT molecular complexity index is 256. The van der Waals surface area contributed by atoms with Gasteiger partial charge in [-0.25, -0.2) is 0 Å². The van der Waals surface area contributed by atoms with E-state index in [1.807, 2.05) is 0 Å². The topological polar surface area (TPSA) is 32.3 Å². The first kappa shape index (κ1) is 14.8. The first-order valence-electron chi connectivity index (χ1n) is 6.67. The zero-order chi connectivity index (χ0) is 11.6. The second-order valence-electron chi connectivity index (χ2n) is 5.64. The minimum Gasteiger partial charge on any atom is -0.341 e. The van der Waals surface area contributed by atoms with Crippen LogP contribution in [0.4, 0.5) is 0 Å². The zero-order valence-electron chi connectivity index (χ0n) is 11.0. The summed E-state index contributed by atoms with van der Waals surface area (Å²) in [7, 11) is 0. The average molecular weight is 261 g/mol. The monoisotopic (exact) mass is 260 g/mol. The van der Waals surface area contributed by atoms with Crippen LogP contribution in [-0.2, 0) is 4.79 Å². The Labute approximate surface area is 111 Å². The van der Waals surface area contributed by atoms with Gasteiger partial charge in [0.15, 0.2) is 0 Å². The van der Waals surface area contributed by atoms with Crippen LogP contribution in [0.25, 0.3) is 0 Å². The molecule has 0 radical (unpaired) electrons. The van der Waals surface area contributed by atoms with Crippen LogP contribution in [0.2, 0.25) is 0 Å². The highest BCUT2D eigenvalue weighted by molar-refractivity contribution is 5.85. The number of hydrogen-bond acceptors (Lipinski definition) is 2. The third-order valence-corrected chi connectivity index (χ3v) is 4.49. The molecule has 3 nitrogen and oxygen atoms in total. The fraction of sp³-hybridized carbons (Fsp3) is 0.923. The molecule has 100 valence electrons. The minimum absolute atomic E-state index is 0. The maximum absolute atomic E-state index is 12.2. The van der Waals surface area contributed by atoms with E-state index in [-0.39, 0.29) is 18.4 Å². The molecule has 2 heterocycles. The number of hydrogen-bond donors (Lipinski definition) is 1. The van der Waals surface area contributed by atoms with Gasteiger partial charge >= 0.3 is 0 Å². The third-order valence-electron chi connectivity index (χ3n) is 4.49. The average Bonchev–Trinajstić information content (AvgIpc) is 2.83. The molecule has 4 heteroatoms. The number of likely N-dealkylation sites (tertiary alicyclic amines) is 1. The van der Waals surface area contributed by atoms with Crippen molar-refractivity contribution in [2.75, 3.05) is 19.6 Å². The van der Waals surface area contributed by atoms with Gasteiger partial charge in [-0.3, -0.25) is 4.79 Å². The molecule has 0 aromatic carbocycles. The molecule has 2 saturated heterocycles. The number of amides is 1. The first-order valence-corrected chi connectivity index (χ1v) is 6.67. The Hall–Kier alpha value is -0.280. The minimum atomic E-state index is 0. The van der Waals surface area contributed by atoms with Gasteiger partial charge in [-0.2, -0.15) is 0 Å². The van der Waals surface area contributed by atoms with E-state index in [1.54, 1.807) is 0 Å². The van der Waals surface area contributed by atoms with E-state index in [0.717, 1.165) is 32.5 Å². The second-order valence-corrected chi connectivity index (χ2v) is 5.64. The van der Waals surface area contributed by atoms with Crippen molar-refractivity contribution >= 4 is 18.3 Å². The van der Waals surface area contributed by atoms with Crippen LogP contribution < -0.4 is 5.32 Å². The van der Waals surface area contributed by atoms with Crippen LogP contribution in [0.15, 0.2) is 0 Å². The molecule has 0 spiro atoms. The van der Waals surface area contributed by atoms with Crippen LogP contribution in [0.3, 0.4) is 0 Å². The van der Waals surface area contributed by atoms with Crippen molar-refractivity contribution in [3.63, 3.8) is 0 Å². The summed E-state index contributed by atoms with van der Waals surface area (Å²) < 4.78 is 0. The van der Waals surface area contributed by atoms with Gasteiger partial charge in [0.1, 0.15) is 0 Å². The fourth-order valence-corrected chi connectivity index (χ4v) is 2.74. The SMILES string of the molecule is CCC1(C)CCN(C(=O)[C@@H]2CCCN2)CC1.Cl. The molecule has 1 amide bonds. The molecule has 0 aromatic heterocycles. The van der Waals surface area contributed by atoms with Gasteiger partial charge in [0.2, 0.25) is 5.91 Å². The second kappa shape index (κ2) is 6.05.